The van der Waals surface area contributed by atoms with Gasteiger partial charge in [-0.05, 0) is 84.6 Å². The highest BCUT2D eigenvalue weighted by Crippen LogP contribution is 2.36. The molecular weight excluding hydrogens is 661 g/mol. The zero-order valence-electron chi connectivity index (χ0n) is 30.4. The van der Waals surface area contributed by atoms with Crippen molar-refractivity contribution < 1.29 is 9.53 Å². The number of nitrogens with zero attached hydrogens (tertiary/aromatic N) is 6. The fraction of sp³-hybridized carbons (Fsp3) is 0.302. The quantitative estimate of drug-likeness (QED) is 0.140. The highest BCUT2D eigenvalue weighted by molar-refractivity contribution is 5.94. The predicted molar refractivity (Wildman–Crippen MR) is 211 cm³/mol. The molecule has 2 fully saturated rings. The van der Waals surface area contributed by atoms with Gasteiger partial charge in [0.25, 0.3) is 0 Å². The molecule has 270 valence electrons. The fourth-order valence-corrected chi connectivity index (χ4v) is 7.75. The van der Waals surface area contributed by atoms with Gasteiger partial charge in [0, 0.05) is 36.4 Å². The maximum Gasteiger partial charge on any atom is 0.245 e. The molecule has 4 aromatic carbocycles. The van der Waals surface area contributed by atoms with Crippen molar-refractivity contribution in [3.8, 4) is 22.4 Å². The van der Waals surface area contributed by atoms with Gasteiger partial charge < -0.3 is 24.8 Å². The van der Waals surface area contributed by atoms with Crippen LogP contribution in [0, 0.1) is 0 Å². The second-order valence-corrected chi connectivity index (χ2v) is 13.7. The third kappa shape index (κ3) is 7.25. The van der Waals surface area contributed by atoms with Gasteiger partial charge in [0.05, 0.1) is 36.7 Å². The lowest BCUT2D eigenvalue weighted by Gasteiger charge is -2.34. The van der Waals surface area contributed by atoms with E-state index < -0.39 is 0 Å². The van der Waals surface area contributed by atoms with E-state index in [-0.39, 0.29) is 18.0 Å². The van der Waals surface area contributed by atoms with Crippen molar-refractivity contribution in [3.05, 3.63) is 121 Å². The molecule has 2 atom stereocenters. The molecule has 2 saturated heterocycles. The summed E-state index contributed by atoms with van der Waals surface area (Å²) in [4.78, 5) is 38.4. The lowest BCUT2D eigenvalue weighted by Crippen LogP contribution is -2.43. The number of aromatic amines is 1. The molecule has 10 nitrogen and oxygen atoms in total. The van der Waals surface area contributed by atoms with Crippen LogP contribution < -0.4 is 10.2 Å². The largest absolute Gasteiger partial charge is 0.378 e. The maximum absolute atomic E-state index is 14.2. The number of anilines is 3. The van der Waals surface area contributed by atoms with Crippen molar-refractivity contribution in [2.24, 2.45) is 0 Å². The average molecular weight is 707 g/mol. The molecule has 1 unspecified atom stereocenters. The van der Waals surface area contributed by atoms with Gasteiger partial charge in [-0.2, -0.15) is 0 Å². The Morgan fingerprint density at radius 2 is 1.60 bits per heavy atom. The third-order valence-electron chi connectivity index (χ3n) is 10.6. The minimum Gasteiger partial charge on any atom is -0.378 e. The number of hydrogen-bond acceptors (Lipinski definition) is 8. The van der Waals surface area contributed by atoms with E-state index in [2.05, 4.69) is 117 Å². The first-order valence-corrected chi connectivity index (χ1v) is 18.8. The Morgan fingerprint density at radius 3 is 2.36 bits per heavy atom. The van der Waals surface area contributed by atoms with E-state index >= 15 is 0 Å². The summed E-state index contributed by atoms with van der Waals surface area (Å²) in [6.07, 6.45) is 5.34. The van der Waals surface area contributed by atoms with Crippen molar-refractivity contribution >= 4 is 34.0 Å². The summed E-state index contributed by atoms with van der Waals surface area (Å²) in [7, 11) is 0. The highest BCUT2D eigenvalue weighted by atomic mass is 16.5. The Bertz CT molecular complexity index is 2140. The smallest absolute Gasteiger partial charge is 0.245 e. The van der Waals surface area contributed by atoms with Gasteiger partial charge in [0.1, 0.15) is 24.0 Å². The second-order valence-electron chi connectivity index (χ2n) is 13.7. The van der Waals surface area contributed by atoms with Crippen molar-refractivity contribution in [1.82, 2.24) is 29.7 Å². The highest BCUT2D eigenvalue weighted by Gasteiger charge is 2.38. The first-order chi connectivity index (χ1) is 26.1. The Morgan fingerprint density at radius 1 is 0.868 bits per heavy atom. The molecule has 2 N–H and O–H groups in total. The monoisotopic (exact) mass is 706 g/mol. The number of likely N-dealkylation sites (tertiary alicyclic amines) is 1. The number of carbonyl (C=O) groups is 1. The van der Waals surface area contributed by atoms with E-state index in [1.807, 2.05) is 35.4 Å². The Labute approximate surface area is 310 Å². The number of fused-ring (bicyclic) bond motifs is 1. The molecular formula is C43H46N8O2. The van der Waals surface area contributed by atoms with Crippen LogP contribution in [0.3, 0.4) is 0 Å². The number of rotatable bonds is 11. The van der Waals surface area contributed by atoms with Crippen LogP contribution >= 0.6 is 0 Å². The molecule has 4 heterocycles. The third-order valence-corrected chi connectivity index (χ3v) is 10.6. The average Bonchev–Trinajstić information content (AvgIpc) is 3.92. The molecule has 10 heteroatoms. The molecule has 8 rings (SSSR count). The summed E-state index contributed by atoms with van der Waals surface area (Å²) < 4.78 is 5.50. The number of morpholine rings is 1. The molecule has 0 bridgehead atoms. The molecule has 6 aromatic rings. The van der Waals surface area contributed by atoms with E-state index in [9.17, 15) is 4.79 Å². The number of nitrogens with one attached hydrogen (secondary N) is 2. The van der Waals surface area contributed by atoms with Gasteiger partial charge in [0.15, 0.2) is 0 Å². The summed E-state index contributed by atoms with van der Waals surface area (Å²) in [5, 5.41) is 4.47. The van der Waals surface area contributed by atoms with Crippen LogP contribution in [0.25, 0.3) is 33.3 Å². The molecule has 53 heavy (non-hydrogen) atoms. The summed E-state index contributed by atoms with van der Waals surface area (Å²) >= 11 is 0. The predicted octanol–water partition coefficient (Wildman–Crippen LogP) is 8.01. The zero-order chi connectivity index (χ0) is 36.1. The first kappa shape index (κ1) is 34.5. The number of carbonyl (C=O) groups excluding carboxylic acids is 1. The van der Waals surface area contributed by atoms with Crippen LogP contribution in [0.5, 0.6) is 0 Å². The molecule has 0 radical (unpaired) electrons. The van der Waals surface area contributed by atoms with E-state index in [1.165, 1.54) is 5.69 Å². The zero-order valence-corrected chi connectivity index (χ0v) is 30.4. The fourth-order valence-electron chi connectivity index (χ4n) is 7.75. The molecule has 2 aliphatic heterocycles. The summed E-state index contributed by atoms with van der Waals surface area (Å²) in [5.41, 5.74) is 8.24. The lowest BCUT2D eigenvalue weighted by molar-refractivity contribution is -0.138. The SMILES string of the molecule is CCN(CC)[C@@H](C(=O)N1CCCC1c1ncc(-c2ccc(-c3ccc4ncnc(Nc5ccc(N6CCOCC6)cc5)c4c3)cc2)[nH]1)c1ccccc1. The van der Waals surface area contributed by atoms with Crippen LogP contribution in [0.2, 0.25) is 0 Å². The maximum atomic E-state index is 14.2. The number of aromatic nitrogens is 4. The van der Waals surface area contributed by atoms with Gasteiger partial charge in [-0.1, -0.05) is 74.5 Å². The van der Waals surface area contributed by atoms with Crippen LogP contribution in [-0.2, 0) is 9.53 Å². The topological polar surface area (TPSA) is 103 Å². The number of amides is 1. The number of imidazole rings is 1. The molecule has 0 saturated carbocycles. The van der Waals surface area contributed by atoms with Crippen molar-refractivity contribution in [2.45, 2.75) is 38.8 Å². The number of H-pyrrole nitrogens is 1. The Hall–Kier alpha value is -5.58. The van der Waals surface area contributed by atoms with Crippen molar-refractivity contribution in [3.63, 3.8) is 0 Å². The standard InChI is InChI=1S/C43H46N8O2/c1-3-49(4-2)40(32-9-6-5-7-10-32)43(52)51-22-8-11-39(51)42-44-28-38(48-42)31-14-12-30(13-15-31)33-16-21-37-36(27-33)41(46-29-45-37)47-34-17-19-35(20-18-34)50-23-25-53-26-24-50/h5-7,9-10,12-21,27-29,39-40H,3-4,8,11,22-26H2,1-2H3,(H,44,48)(H,45,46,47)/t39?,40-/m1/s1. The van der Waals surface area contributed by atoms with Crippen molar-refractivity contribution in [1.29, 1.82) is 0 Å². The van der Waals surface area contributed by atoms with Crippen LogP contribution in [0.4, 0.5) is 17.2 Å². The van der Waals surface area contributed by atoms with Gasteiger partial charge in [-0.3, -0.25) is 9.69 Å². The van der Waals surface area contributed by atoms with E-state index in [0.717, 1.165) is 115 Å². The van der Waals surface area contributed by atoms with Crippen LogP contribution in [0.1, 0.15) is 50.2 Å². The molecule has 0 aliphatic carbocycles. The van der Waals surface area contributed by atoms with Crippen LogP contribution in [0.15, 0.2) is 110 Å². The van der Waals surface area contributed by atoms with Gasteiger partial charge in [0.2, 0.25) is 5.91 Å². The summed E-state index contributed by atoms with van der Waals surface area (Å²) in [6, 6.07) is 33.1. The van der Waals surface area contributed by atoms with Gasteiger partial charge in [-0.15, -0.1) is 0 Å². The number of benzene rings is 4. The normalized spacial score (nSPS) is 16.7. The first-order valence-electron chi connectivity index (χ1n) is 18.8. The van der Waals surface area contributed by atoms with E-state index in [4.69, 9.17) is 9.72 Å². The number of likely N-dealkylation sites (N-methyl/N-ethyl adjacent to an activating group) is 1. The molecule has 2 aliphatic rings. The van der Waals surface area contributed by atoms with Gasteiger partial charge >= 0.3 is 0 Å². The van der Waals surface area contributed by atoms with Crippen LogP contribution in [-0.4, -0.2) is 81.6 Å². The Balaban J connectivity index is 0.987. The lowest BCUT2D eigenvalue weighted by atomic mass is 10.0. The summed E-state index contributed by atoms with van der Waals surface area (Å²) in [6.45, 7) is 9.91. The molecule has 2 aromatic heterocycles. The minimum absolute atomic E-state index is 0.0809. The number of hydrogen-bond donors (Lipinski definition) is 2. The molecule has 1 amide bonds. The van der Waals surface area contributed by atoms with Crippen molar-refractivity contribution in [2.75, 3.05) is 56.2 Å². The second kappa shape index (κ2) is 15.6. The van der Waals surface area contributed by atoms with Gasteiger partial charge in [-0.25, -0.2) is 15.0 Å². The minimum atomic E-state index is -0.311. The number of ether oxygens (including phenoxy) is 1. The Kier molecular flexibility index (Phi) is 10.1. The summed E-state index contributed by atoms with van der Waals surface area (Å²) in [5.74, 6) is 1.75. The van der Waals surface area contributed by atoms with E-state index in [1.54, 1.807) is 6.33 Å². The molecule has 0 spiro atoms. The van der Waals surface area contributed by atoms with E-state index in [0.29, 0.717) is 0 Å².